The maximum absolute atomic E-state index is 5.84. The molecule has 2 rings (SSSR count). The maximum atomic E-state index is 5.84. The molecule has 18 heavy (non-hydrogen) atoms. The van der Waals surface area contributed by atoms with E-state index in [0.717, 1.165) is 31.0 Å². The second-order valence-corrected chi connectivity index (χ2v) is 6.36. The first-order valence-electron chi connectivity index (χ1n) is 6.75. The van der Waals surface area contributed by atoms with E-state index >= 15 is 0 Å². The van der Waals surface area contributed by atoms with E-state index in [9.17, 15) is 0 Å². The molecular weight excluding hydrogens is 226 g/mol. The highest BCUT2D eigenvalue weighted by Crippen LogP contribution is 2.42. The van der Waals surface area contributed by atoms with Crippen molar-refractivity contribution in [1.29, 1.82) is 0 Å². The molecule has 0 saturated heterocycles. The van der Waals surface area contributed by atoms with Gasteiger partial charge in [0.05, 0.1) is 6.61 Å². The molecule has 0 spiro atoms. The normalized spacial score (nSPS) is 23.7. The average molecular weight is 251 g/mol. The third-order valence-electron chi connectivity index (χ3n) is 3.64. The molecule has 0 fully saturated rings. The first-order valence-corrected chi connectivity index (χ1v) is 6.75. The van der Waals surface area contributed by atoms with Gasteiger partial charge in [0, 0.05) is 31.2 Å². The second-order valence-electron chi connectivity index (χ2n) is 6.36. The SMILES string of the molecule is COCC(C)NC1CC(C)(C)Cc2oc(C)cc21. The minimum atomic E-state index is 0.293. The standard InChI is InChI=1S/C15H25NO2/c1-10(9-17-5)16-13-7-15(3,4)8-14-12(13)6-11(2)18-14/h6,10,13,16H,7-9H2,1-5H3. The third kappa shape index (κ3) is 2.96. The van der Waals surface area contributed by atoms with Crippen LogP contribution in [0.5, 0.6) is 0 Å². The fraction of sp³-hybridized carbons (Fsp3) is 0.733. The van der Waals surface area contributed by atoms with Crippen LogP contribution in [-0.4, -0.2) is 19.8 Å². The van der Waals surface area contributed by atoms with Crippen molar-refractivity contribution in [3.8, 4) is 0 Å². The van der Waals surface area contributed by atoms with Crippen molar-refractivity contribution < 1.29 is 9.15 Å². The van der Waals surface area contributed by atoms with Crippen LogP contribution in [0, 0.1) is 12.3 Å². The molecule has 0 aromatic carbocycles. The van der Waals surface area contributed by atoms with Crippen LogP contribution in [0.2, 0.25) is 0 Å². The quantitative estimate of drug-likeness (QED) is 0.892. The van der Waals surface area contributed by atoms with Crippen LogP contribution in [-0.2, 0) is 11.2 Å². The lowest BCUT2D eigenvalue weighted by Crippen LogP contribution is -2.39. The Kier molecular flexibility index (Phi) is 3.83. The number of hydrogen-bond donors (Lipinski definition) is 1. The molecule has 0 saturated carbocycles. The molecule has 1 N–H and O–H groups in total. The number of nitrogens with one attached hydrogen (secondary N) is 1. The Hall–Kier alpha value is -0.800. The number of furan rings is 1. The number of rotatable bonds is 4. The van der Waals surface area contributed by atoms with Gasteiger partial charge in [-0.05, 0) is 31.7 Å². The fourth-order valence-corrected chi connectivity index (χ4v) is 2.97. The average Bonchev–Trinajstić information content (AvgIpc) is 2.57. The minimum absolute atomic E-state index is 0.293. The molecular formula is C15H25NO2. The maximum Gasteiger partial charge on any atom is 0.109 e. The van der Waals surface area contributed by atoms with Crippen LogP contribution in [0.25, 0.3) is 0 Å². The van der Waals surface area contributed by atoms with E-state index in [2.05, 4.69) is 32.2 Å². The smallest absolute Gasteiger partial charge is 0.109 e. The highest BCUT2D eigenvalue weighted by molar-refractivity contribution is 5.29. The van der Waals surface area contributed by atoms with Gasteiger partial charge in [0.25, 0.3) is 0 Å². The van der Waals surface area contributed by atoms with E-state index in [1.807, 2.05) is 6.92 Å². The van der Waals surface area contributed by atoms with Crippen molar-refractivity contribution in [3.63, 3.8) is 0 Å². The molecule has 1 aliphatic rings. The molecule has 0 bridgehead atoms. The van der Waals surface area contributed by atoms with Gasteiger partial charge < -0.3 is 14.5 Å². The van der Waals surface area contributed by atoms with Crippen LogP contribution in [0.1, 0.15) is 50.3 Å². The topological polar surface area (TPSA) is 34.4 Å². The van der Waals surface area contributed by atoms with Gasteiger partial charge in [-0.25, -0.2) is 0 Å². The van der Waals surface area contributed by atoms with Gasteiger partial charge in [-0.15, -0.1) is 0 Å². The summed E-state index contributed by atoms with van der Waals surface area (Å²) in [5.41, 5.74) is 1.64. The van der Waals surface area contributed by atoms with Gasteiger partial charge in [0.1, 0.15) is 11.5 Å². The zero-order valence-electron chi connectivity index (χ0n) is 12.2. The number of ether oxygens (including phenoxy) is 1. The number of hydrogen-bond acceptors (Lipinski definition) is 3. The molecule has 1 heterocycles. The largest absolute Gasteiger partial charge is 0.466 e. The van der Waals surface area contributed by atoms with Crippen molar-refractivity contribution >= 4 is 0 Å². The second kappa shape index (κ2) is 5.06. The molecule has 3 heteroatoms. The van der Waals surface area contributed by atoms with E-state index in [0.29, 0.717) is 17.5 Å². The zero-order chi connectivity index (χ0) is 13.3. The van der Waals surface area contributed by atoms with Crippen molar-refractivity contribution in [3.05, 3.63) is 23.2 Å². The zero-order valence-corrected chi connectivity index (χ0v) is 12.2. The Morgan fingerprint density at radius 3 is 2.94 bits per heavy atom. The lowest BCUT2D eigenvalue weighted by atomic mass is 9.74. The van der Waals surface area contributed by atoms with E-state index in [4.69, 9.17) is 9.15 Å². The molecule has 0 radical (unpaired) electrons. The predicted molar refractivity (Wildman–Crippen MR) is 72.8 cm³/mol. The molecule has 102 valence electrons. The highest BCUT2D eigenvalue weighted by atomic mass is 16.5. The minimum Gasteiger partial charge on any atom is -0.466 e. The Morgan fingerprint density at radius 2 is 2.28 bits per heavy atom. The summed E-state index contributed by atoms with van der Waals surface area (Å²) in [6.45, 7) is 9.55. The lowest BCUT2D eigenvalue weighted by Gasteiger charge is -2.36. The summed E-state index contributed by atoms with van der Waals surface area (Å²) in [5, 5.41) is 3.66. The van der Waals surface area contributed by atoms with E-state index in [-0.39, 0.29) is 0 Å². The van der Waals surface area contributed by atoms with Gasteiger partial charge in [0.15, 0.2) is 0 Å². The fourth-order valence-electron chi connectivity index (χ4n) is 2.97. The molecule has 0 aliphatic heterocycles. The van der Waals surface area contributed by atoms with Gasteiger partial charge in [-0.3, -0.25) is 0 Å². The summed E-state index contributed by atoms with van der Waals surface area (Å²) in [5.74, 6) is 2.18. The van der Waals surface area contributed by atoms with Crippen molar-refractivity contribution in [2.24, 2.45) is 5.41 Å². The monoisotopic (exact) mass is 251 g/mol. The predicted octanol–water partition coefficient (Wildman–Crippen LogP) is 3.23. The summed E-state index contributed by atoms with van der Waals surface area (Å²) in [4.78, 5) is 0. The van der Waals surface area contributed by atoms with Crippen molar-refractivity contribution in [2.45, 2.75) is 52.6 Å². The van der Waals surface area contributed by atoms with Crippen LogP contribution < -0.4 is 5.32 Å². The van der Waals surface area contributed by atoms with Crippen LogP contribution in [0.3, 0.4) is 0 Å². The number of methoxy groups -OCH3 is 1. The molecule has 1 aromatic rings. The van der Waals surface area contributed by atoms with Gasteiger partial charge in [-0.1, -0.05) is 13.8 Å². The van der Waals surface area contributed by atoms with E-state index in [1.165, 1.54) is 5.56 Å². The van der Waals surface area contributed by atoms with Crippen LogP contribution in [0.4, 0.5) is 0 Å². The van der Waals surface area contributed by atoms with Gasteiger partial charge in [-0.2, -0.15) is 0 Å². The highest BCUT2D eigenvalue weighted by Gasteiger charge is 2.35. The third-order valence-corrected chi connectivity index (χ3v) is 3.64. The van der Waals surface area contributed by atoms with Gasteiger partial charge in [0.2, 0.25) is 0 Å². The molecule has 2 atom stereocenters. The molecule has 0 amide bonds. The van der Waals surface area contributed by atoms with E-state index < -0.39 is 0 Å². The first-order chi connectivity index (χ1) is 8.41. The molecule has 1 aromatic heterocycles. The summed E-state index contributed by atoms with van der Waals surface area (Å²) >= 11 is 0. The lowest BCUT2D eigenvalue weighted by molar-refractivity contribution is 0.153. The summed E-state index contributed by atoms with van der Waals surface area (Å²) in [6.07, 6.45) is 2.18. The Balaban J connectivity index is 2.19. The van der Waals surface area contributed by atoms with Crippen molar-refractivity contribution in [1.82, 2.24) is 5.32 Å². The van der Waals surface area contributed by atoms with Crippen molar-refractivity contribution in [2.75, 3.05) is 13.7 Å². The van der Waals surface area contributed by atoms with Crippen LogP contribution in [0.15, 0.2) is 10.5 Å². The number of aryl methyl sites for hydroxylation is 1. The number of fused-ring (bicyclic) bond motifs is 1. The first kappa shape index (κ1) is 13.6. The Labute approximate surface area is 110 Å². The summed E-state index contributed by atoms with van der Waals surface area (Å²) < 4.78 is 11.0. The Bertz CT molecular complexity index is 409. The van der Waals surface area contributed by atoms with Gasteiger partial charge >= 0.3 is 0 Å². The summed E-state index contributed by atoms with van der Waals surface area (Å²) in [7, 11) is 1.75. The summed E-state index contributed by atoms with van der Waals surface area (Å²) in [6, 6.07) is 2.92. The molecule has 2 unspecified atom stereocenters. The molecule has 3 nitrogen and oxygen atoms in total. The van der Waals surface area contributed by atoms with Crippen LogP contribution >= 0.6 is 0 Å². The Morgan fingerprint density at radius 1 is 1.56 bits per heavy atom. The van der Waals surface area contributed by atoms with E-state index in [1.54, 1.807) is 7.11 Å². The molecule has 1 aliphatic carbocycles.